The van der Waals surface area contributed by atoms with Crippen molar-refractivity contribution in [2.45, 2.75) is 44.8 Å². The van der Waals surface area contributed by atoms with Crippen LogP contribution in [-0.2, 0) is 6.61 Å². The van der Waals surface area contributed by atoms with E-state index < -0.39 is 0 Å². The van der Waals surface area contributed by atoms with Crippen molar-refractivity contribution in [2.75, 3.05) is 0 Å². The smallest absolute Gasteiger partial charge is 0.219 e. The summed E-state index contributed by atoms with van der Waals surface area (Å²) in [4.78, 5) is 4.16. The molecule has 1 aromatic rings. The summed E-state index contributed by atoms with van der Waals surface area (Å²) >= 11 is 0. The van der Waals surface area contributed by atoms with Crippen molar-refractivity contribution in [1.82, 2.24) is 4.98 Å². The van der Waals surface area contributed by atoms with E-state index in [1.165, 1.54) is 19.3 Å². The molecule has 2 rings (SSSR count). The summed E-state index contributed by atoms with van der Waals surface area (Å²) in [7, 11) is 0. The van der Waals surface area contributed by atoms with E-state index in [-0.39, 0.29) is 6.61 Å². The highest BCUT2D eigenvalue weighted by Crippen LogP contribution is 2.24. The maximum atomic E-state index is 9.13. The van der Waals surface area contributed by atoms with E-state index in [1.807, 2.05) is 12.1 Å². The van der Waals surface area contributed by atoms with Gasteiger partial charge in [-0.25, -0.2) is 4.98 Å². The van der Waals surface area contributed by atoms with Crippen molar-refractivity contribution < 1.29 is 9.84 Å². The molecule has 82 valence electrons. The van der Waals surface area contributed by atoms with E-state index in [9.17, 15) is 0 Å². The van der Waals surface area contributed by atoms with Gasteiger partial charge in [0.05, 0.1) is 6.61 Å². The van der Waals surface area contributed by atoms with Gasteiger partial charge in [-0.2, -0.15) is 0 Å². The molecule has 15 heavy (non-hydrogen) atoms. The number of pyridine rings is 1. The Morgan fingerprint density at radius 2 is 2.13 bits per heavy atom. The van der Waals surface area contributed by atoms with Crippen LogP contribution >= 0.6 is 0 Å². The molecule has 0 bridgehead atoms. The molecule has 0 saturated heterocycles. The van der Waals surface area contributed by atoms with E-state index in [0.29, 0.717) is 12.0 Å². The van der Waals surface area contributed by atoms with Gasteiger partial charge in [0.25, 0.3) is 0 Å². The van der Waals surface area contributed by atoms with Gasteiger partial charge in [0, 0.05) is 11.8 Å². The third-order valence-corrected chi connectivity index (χ3v) is 2.85. The van der Waals surface area contributed by atoms with E-state index in [0.717, 1.165) is 18.4 Å². The lowest BCUT2D eigenvalue weighted by atomic mass is 9.98. The molecular weight excluding hydrogens is 190 g/mol. The summed E-state index contributed by atoms with van der Waals surface area (Å²) in [5, 5.41) is 9.13. The Bertz CT molecular complexity index is 308. The van der Waals surface area contributed by atoms with Gasteiger partial charge in [0.1, 0.15) is 6.10 Å². The average molecular weight is 207 g/mol. The first-order chi connectivity index (χ1) is 7.40. The highest BCUT2D eigenvalue weighted by Gasteiger charge is 2.16. The maximum Gasteiger partial charge on any atom is 0.219 e. The van der Waals surface area contributed by atoms with Gasteiger partial charge in [-0.05, 0) is 37.8 Å². The number of aliphatic hydroxyl groups excluding tert-OH is 1. The van der Waals surface area contributed by atoms with Crippen LogP contribution in [0, 0.1) is 0 Å². The molecule has 0 amide bonds. The quantitative estimate of drug-likeness (QED) is 0.826. The number of hydrogen-bond donors (Lipinski definition) is 1. The van der Waals surface area contributed by atoms with Crippen molar-refractivity contribution in [1.29, 1.82) is 0 Å². The van der Waals surface area contributed by atoms with Gasteiger partial charge in [-0.3, -0.25) is 0 Å². The van der Waals surface area contributed by atoms with Crippen LogP contribution in [0.25, 0.3) is 0 Å². The number of hydrogen-bond acceptors (Lipinski definition) is 3. The number of aliphatic hydroxyl groups is 1. The summed E-state index contributed by atoms with van der Waals surface area (Å²) in [6.45, 7) is -0.00407. The van der Waals surface area contributed by atoms with Crippen LogP contribution in [-0.4, -0.2) is 16.2 Å². The van der Waals surface area contributed by atoms with Crippen molar-refractivity contribution in [2.24, 2.45) is 0 Å². The van der Waals surface area contributed by atoms with Crippen LogP contribution in [0.15, 0.2) is 18.3 Å². The first-order valence-electron chi connectivity index (χ1n) is 5.61. The Morgan fingerprint density at radius 3 is 2.87 bits per heavy atom. The number of aromatic nitrogens is 1. The van der Waals surface area contributed by atoms with Crippen LogP contribution in [0.5, 0.6) is 5.88 Å². The molecule has 1 aromatic heterocycles. The zero-order valence-electron chi connectivity index (χ0n) is 8.85. The minimum atomic E-state index is -0.00407. The highest BCUT2D eigenvalue weighted by molar-refractivity contribution is 5.24. The fraction of sp³-hybridized carbons (Fsp3) is 0.583. The standard InChI is InChI=1S/C12H17NO2/c14-9-10-5-4-8-13-12(10)15-11-6-2-1-3-7-11/h4-5,8,11,14H,1-3,6-7,9H2. The fourth-order valence-electron chi connectivity index (χ4n) is 1.99. The molecule has 1 N–H and O–H groups in total. The maximum absolute atomic E-state index is 9.13. The molecule has 0 unspecified atom stereocenters. The Balaban J connectivity index is 2.02. The van der Waals surface area contributed by atoms with Crippen LogP contribution in [0.3, 0.4) is 0 Å². The summed E-state index contributed by atoms with van der Waals surface area (Å²) in [6.07, 6.45) is 8.02. The number of rotatable bonds is 3. The number of ether oxygens (including phenoxy) is 1. The minimum Gasteiger partial charge on any atom is -0.474 e. The zero-order chi connectivity index (χ0) is 10.5. The first-order valence-corrected chi connectivity index (χ1v) is 5.61. The lowest BCUT2D eigenvalue weighted by Gasteiger charge is -2.23. The normalized spacial score (nSPS) is 17.7. The van der Waals surface area contributed by atoms with Gasteiger partial charge >= 0.3 is 0 Å². The molecule has 3 heteroatoms. The molecule has 1 aliphatic carbocycles. The highest BCUT2D eigenvalue weighted by atomic mass is 16.5. The Labute approximate surface area is 90.1 Å². The minimum absolute atomic E-state index is 0.00407. The Kier molecular flexibility index (Phi) is 3.56. The lowest BCUT2D eigenvalue weighted by molar-refractivity contribution is 0.143. The molecule has 0 aromatic carbocycles. The zero-order valence-corrected chi connectivity index (χ0v) is 8.85. The third-order valence-electron chi connectivity index (χ3n) is 2.85. The van der Waals surface area contributed by atoms with Gasteiger partial charge in [0.15, 0.2) is 0 Å². The fourth-order valence-corrected chi connectivity index (χ4v) is 1.99. The molecule has 0 atom stereocenters. The molecule has 1 saturated carbocycles. The summed E-state index contributed by atoms with van der Waals surface area (Å²) < 4.78 is 5.81. The van der Waals surface area contributed by atoms with E-state index >= 15 is 0 Å². The SMILES string of the molecule is OCc1cccnc1OC1CCCCC1. The molecule has 3 nitrogen and oxygen atoms in total. The molecule has 0 radical (unpaired) electrons. The molecule has 1 aliphatic rings. The van der Waals surface area contributed by atoms with E-state index in [2.05, 4.69) is 4.98 Å². The molecule has 0 aliphatic heterocycles. The second-order valence-corrected chi connectivity index (χ2v) is 4.00. The average Bonchev–Trinajstić information content (AvgIpc) is 2.31. The predicted molar refractivity (Wildman–Crippen MR) is 57.7 cm³/mol. The van der Waals surface area contributed by atoms with E-state index in [1.54, 1.807) is 6.20 Å². The Hall–Kier alpha value is -1.09. The number of nitrogens with zero attached hydrogens (tertiary/aromatic N) is 1. The molecular formula is C12H17NO2. The topological polar surface area (TPSA) is 42.4 Å². The first kappa shape index (κ1) is 10.4. The largest absolute Gasteiger partial charge is 0.474 e. The van der Waals surface area contributed by atoms with Crippen molar-refractivity contribution in [3.63, 3.8) is 0 Å². The van der Waals surface area contributed by atoms with Crippen LogP contribution in [0.2, 0.25) is 0 Å². The molecule has 0 spiro atoms. The van der Waals surface area contributed by atoms with Gasteiger partial charge < -0.3 is 9.84 Å². The predicted octanol–water partition coefficient (Wildman–Crippen LogP) is 2.29. The lowest BCUT2D eigenvalue weighted by Crippen LogP contribution is -2.20. The van der Waals surface area contributed by atoms with Crippen LogP contribution < -0.4 is 4.74 Å². The Morgan fingerprint density at radius 1 is 1.33 bits per heavy atom. The van der Waals surface area contributed by atoms with E-state index in [4.69, 9.17) is 9.84 Å². The third kappa shape index (κ3) is 2.69. The van der Waals surface area contributed by atoms with Crippen LogP contribution in [0.4, 0.5) is 0 Å². The van der Waals surface area contributed by atoms with Crippen molar-refractivity contribution in [3.05, 3.63) is 23.9 Å². The molecule has 1 fully saturated rings. The van der Waals surface area contributed by atoms with Crippen molar-refractivity contribution >= 4 is 0 Å². The second-order valence-electron chi connectivity index (χ2n) is 4.00. The van der Waals surface area contributed by atoms with Gasteiger partial charge in [0.2, 0.25) is 5.88 Å². The van der Waals surface area contributed by atoms with Crippen LogP contribution in [0.1, 0.15) is 37.7 Å². The second kappa shape index (κ2) is 5.12. The summed E-state index contributed by atoms with van der Waals surface area (Å²) in [5.74, 6) is 0.604. The summed E-state index contributed by atoms with van der Waals surface area (Å²) in [5.41, 5.74) is 0.781. The van der Waals surface area contributed by atoms with Gasteiger partial charge in [-0.15, -0.1) is 0 Å². The van der Waals surface area contributed by atoms with Gasteiger partial charge in [-0.1, -0.05) is 6.42 Å². The molecule has 1 heterocycles. The monoisotopic (exact) mass is 207 g/mol. The summed E-state index contributed by atoms with van der Waals surface area (Å²) in [6, 6.07) is 3.67. The van der Waals surface area contributed by atoms with Crippen molar-refractivity contribution in [3.8, 4) is 5.88 Å².